The van der Waals surface area contributed by atoms with E-state index in [9.17, 15) is 0 Å². The predicted molar refractivity (Wildman–Crippen MR) is 395 cm³/mol. The van der Waals surface area contributed by atoms with Crippen molar-refractivity contribution in [2.24, 2.45) is 29.6 Å². The average Bonchev–Trinajstić information content (AvgIpc) is 1.50. The maximum atomic E-state index is 6.95. The first kappa shape index (κ1) is 76.8. The predicted octanol–water partition coefficient (Wildman–Crippen LogP) is 23.4. The van der Waals surface area contributed by atoms with Gasteiger partial charge in [0.25, 0.3) is 0 Å². The van der Waals surface area contributed by atoms with Crippen molar-refractivity contribution in [1.29, 1.82) is 0 Å². The lowest BCUT2D eigenvalue weighted by Gasteiger charge is -2.19. The standard InChI is InChI=1S/C83H120O10/c1-16-26-31-61(21-6)56-89-74-44-46-76(84-11)66(48-74)36-38-68-53-82(92-59-64(24-9)34-29-19-4)72(51-78(68)86-13)42-40-70-55-83(93-60-65(25-10)35-30-20-5)73(52-80(70)88-15)43-39-69-54-81(91-58-63(23-8)33-28-18-3)71(50-79(69)87-14)41-37-67-49-75(45-47-77(67)85-12)90-57-62(22-7)32-27-17-2/h36-55,61-65H,16-35,56-60H2,1-15H3/b38-36+,41-37+,42-40+,43-39+. The van der Waals surface area contributed by atoms with E-state index < -0.39 is 0 Å². The summed E-state index contributed by atoms with van der Waals surface area (Å²) in [7, 11) is 8.59. The molecule has 5 unspecified atom stereocenters. The van der Waals surface area contributed by atoms with Crippen LogP contribution in [0.15, 0.2) is 72.8 Å². The highest BCUT2D eigenvalue weighted by atomic mass is 16.5. The molecule has 0 aliphatic heterocycles. The third-order valence-electron chi connectivity index (χ3n) is 18.4. The summed E-state index contributed by atoms with van der Waals surface area (Å²) in [6.45, 7) is 25.7. The average molecular weight is 1280 g/mol. The van der Waals surface area contributed by atoms with E-state index in [1.54, 1.807) is 35.5 Å². The van der Waals surface area contributed by atoms with Crippen molar-refractivity contribution in [1.82, 2.24) is 0 Å². The minimum atomic E-state index is 0.405. The number of hydrogen-bond donors (Lipinski definition) is 0. The molecule has 93 heavy (non-hydrogen) atoms. The van der Waals surface area contributed by atoms with Gasteiger partial charge in [-0.15, -0.1) is 0 Å². The first-order valence-electron chi connectivity index (χ1n) is 35.8. The van der Waals surface area contributed by atoms with Gasteiger partial charge in [0.15, 0.2) is 0 Å². The van der Waals surface area contributed by atoms with Gasteiger partial charge in [-0.2, -0.15) is 0 Å². The van der Waals surface area contributed by atoms with Crippen LogP contribution in [0, 0.1) is 29.6 Å². The molecular weight excluding hydrogens is 1160 g/mol. The van der Waals surface area contributed by atoms with Crippen LogP contribution < -0.4 is 47.4 Å². The number of benzene rings is 5. The van der Waals surface area contributed by atoms with Crippen molar-refractivity contribution in [3.05, 3.63) is 117 Å². The summed E-state index contributed by atoms with van der Waals surface area (Å²) in [5.74, 6) is 9.88. The topological polar surface area (TPSA) is 92.3 Å². The molecule has 0 saturated carbocycles. The lowest BCUT2D eigenvalue weighted by atomic mass is 10.00. The minimum absolute atomic E-state index is 0.405. The third-order valence-corrected chi connectivity index (χ3v) is 18.4. The quantitative estimate of drug-likeness (QED) is 0.0351. The van der Waals surface area contributed by atoms with Crippen molar-refractivity contribution >= 4 is 48.6 Å². The molecule has 0 radical (unpaired) electrons. The van der Waals surface area contributed by atoms with Crippen LogP contribution in [0.4, 0.5) is 0 Å². The fourth-order valence-electron chi connectivity index (χ4n) is 11.6. The lowest BCUT2D eigenvalue weighted by molar-refractivity contribution is 0.232. The molecule has 5 rings (SSSR count). The molecule has 0 bridgehead atoms. The number of ether oxygens (including phenoxy) is 10. The highest BCUT2D eigenvalue weighted by molar-refractivity contribution is 5.84. The van der Waals surface area contributed by atoms with E-state index in [-0.39, 0.29) is 0 Å². The Kier molecular flexibility index (Phi) is 36.2. The minimum Gasteiger partial charge on any atom is -0.496 e. The molecule has 0 amide bonds. The molecule has 0 aromatic heterocycles. The Labute approximate surface area is 563 Å². The molecule has 0 saturated heterocycles. The maximum Gasteiger partial charge on any atom is 0.127 e. The third kappa shape index (κ3) is 25.4. The summed E-state index contributed by atoms with van der Waals surface area (Å²) in [5.41, 5.74) is 7.11. The Balaban J connectivity index is 1.61. The van der Waals surface area contributed by atoms with Crippen LogP contribution in [0.1, 0.15) is 242 Å². The van der Waals surface area contributed by atoms with Crippen molar-refractivity contribution in [3.63, 3.8) is 0 Å². The van der Waals surface area contributed by atoms with Gasteiger partial charge in [-0.1, -0.05) is 214 Å². The molecular formula is C83H120O10. The van der Waals surface area contributed by atoms with Gasteiger partial charge in [0.2, 0.25) is 0 Å². The van der Waals surface area contributed by atoms with Gasteiger partial charge in [0.1, 0.15) is 57.5 Å². The Hall–Kier alpha value is -6.94. The Morgan fingerprint density at radius 1 is 0.247 bits per heavy atom. The van der Waals surface area contributed by atoms with E-state index in [4.69, 9.17) is 47.4 Å². The van der Waals surface area contributed by atoms with Crippen LogP contribution >= 0.6 is 0 Å². The number of unbranched alkanes of at least 4 members (excludes halogenated alkanes) is 5. The Bertz CT molecular complexity index is 3040. The monoisotopic (exact) mass is 1280 g/mol. The zero-order valence-electron chi connectivity index (χ0n) is 60.2. The molecule has 512 valence electrons. The normalized spacial score (nSPS) is 13.4. The number of rotatable bonds is 48. The zero-order chi connectivity index (χ0) is 67.2. The van der Waals surface area contributed by atoms with Crippen molar-refractivity contribution in [3.8, 4) is 57.5 Å². The second-order valence-electron chi connectivity index (χ2n) is 25.2. The lowest BCUT2D eigenvalue weighted by Crippen LogP contribution is -2.12. The smallest absolute Gasteiger partial charge is 0.127 e. The van der Waals surface area contributed by atoms with Crippen LogP contribution in [0.25, 0.3) is 48.6 Å². The second-order valence-corrected chi connectivity index (χ2v) is 25.2. The molecule has 5 atom stereocenters. The van der Waals surface area contributed by atoms with Crippen LogP contribution in [0.2, 0.25) is 0 Å². The summed E-state index contributed by atoms with van der Waals surface area (Å²) >= 11 is 0. The van der Waals surface area contributed by atoms with Crippen molar-refractivity contribution < 1.29 is 47.4 Å². The van der Waals surface area contributed by atoms with E-state index in [2.05, 4.69) is 166 Å². The second kappa shape index (κ2) is 43.9. The summed E-state index contributed by atoms with van der Waals surface area (Å²) in [5, 5.41) is 0. The summed E-state index contributed by atoms with van der Waals surface area (Å²) in [4.78, 5) is 0. The first-order chi connectivity index (χ1) is 45.4. The first-order valence-corrected chi connectivity index (χ1v) is 35.8. The molecule has 10 nitrogen and oxygen atoms in total. The highest BCUT2D eigenvalue weighted by Crippen LogP contribution is 2.39. The van der Waals surface area contributed by atoms with Gasteiger partial charge in [-0.25, -0.2) is 0 Å². The largest absolute Gasteiger partial charge is 0.496 e. The molecule has 5 aromatic rings. The van der Waals surface area contributed by atoms with Gasteiger partial charge in [-0.05, 0) is 134 Å². The van der Waals surface area contributed by atoms with Gasteiger partial charge < -0.3 is 47.4 Å². The maximum absolute atomic E-state index is 6.95. The van der Waals surface area contributed by atoms with E-state index in [0.717, 1.165) is 175 Å². The summed E-state index contributed by atoms with van der Waals surface area (Å²) in [6, 6.07) is 24.6. The van der Waals surface area contributed by atoms with Crippen LogP contribution in [-0.4, -0.2) is 68.6 Å². The zero-order valence-corrected chi connectivity index (χ0v) is 60.2. The van der Waals surface area contributed by atoms with Crippen molar-refractivity contribution in [2.75, 3.05) is 68.6 Å². The fourth-order valence-corrected chi connectivity index (χ4v) is 11.6. The highest BCUT2D eigenvalue weighted by Gasteiger charge is 2.19. The summed E-state index contributed by atoms with van der Waals surface area (Å²) < 4.78 is 63.9. The Morgan fingerprint density at radius 3 is 0.667 bits per heavy atom. The Morgan fingerprint density at radius 2 is 0.452 bits per heavy atom. The van der Waals surface area contributed by atoms with Crippen molar-refractivity contribution in [2.45, 2.75) is 198 Å². The molecule has 0 fully saturated rings. The molecule has 0 N–H and O–H groups in total. The van der Waals surface area contributed by atoms with E-state index >= 15 is 0 Å². The van der Waals surface area contributed by atoms with Crippen LogP contribution in [0.5, 0.6) is 57.5 Å². The van der Waals surface area contributed by atoms with Gasteiger partial charge in [0.05, 0.1) is 68.6 Å². The number of methoxy groups -OCH3 is 5. The number of hydrogen-bond acceptors (Lipinski definition) is 10. The van der Waals surface area contributed by atoms with E-state index in [1.807, 2.05) is 24.3 Å². The summed E-state index contributed by atoms with van der Waals surface area (Å²) in [6.07, 6.45) is 39.4. The molecule has 0 heterocycles. The van der Waals surface area contributed by atoms with Gasteiger partial charge in [0, 0.05) is 44.5 Å². The van der Waals surface area contributed by atoms with E-state index in [0.29, 0.717) is 79.9 Å². The molecule has 10 heteroatoms. The molecule has 0 aliphatic rings. The van der Waals surface area contributed by atoms with Gasteiger partial charge >= 0.3 is 0 Å². The van der Waals surface area contributed by atoms with Crippen LogP contribution in [-0.2, 0) is 0 Å². The van der Waals surface area contributed by atoms with Crippen LogP contribution in [0.3, 0.4) is 0 Å². The molecule has 0 aliphatic carbocycles. The fraction of sp³-hybridized carbons (Fsp3) is 0.542. The van der Waals surface area contributed by atoms with E-state index in [1.165, 1.54) is 38.5 Å². The van der Waals surface area contributed by atoms with Gasteiger partial charge in [-0.3, -0.25) is 0 Å². The molecule has 0 spiro atoms. The molecule has 5 aromatic carbocycles. The SMILES string of the molecule is CCCCC(CC)COc1ccc(OC)c(/C=C/c2cc(OCC(CC)CCCC)c(/C=C/c3cc(OCC(CC)CCCC)c(/C=C/c4cc(OCC(CC)CCCC)c(/C=C/c5cc(OCC(CC)CCCC)ccc5OC)cc4OC)cc3OC)cc2OC)c1.